The minimum atomic E-state index is 0.618. The van der Waals surface area contributed by atoms with E-state index in [2.05, 4.69) is 68.9 Å². The molecule has 0 saturated carbocycles. The van der Waals surface area contributed by atoms with Gasteiger partial charge in [-0.2, -0.15) is 0 Å². The quantitative estimate of drug-likeness (QED) is 0.907. The van der Waals surface area contributed by atoms with Crippen molar-refractivity contribution in [2.45, 2.75) is 26.9 Å². The number of benzene rings is 1. The van der Waals surface area contributed by atoms with E-state index in [0.29, 0.717) is 5.92 Å². The lowest BCUT2D eigenvalue weighted by Crippen LogP contribution is -2.10. The molecule has 1 N–H and O–H groups in total. The van der Waals surface area contributed by atoms with Crippen molar-refractivity contribution in [1.29, 1.82) is 0 Å². The summed E-state index contributed by atoms with van der Waals surface area (Å²) in [5, 5.41) is 3.37. The van der Waals surface area contributed by atoms with Gasteiger partial charge < -0.3 is 9.88 Å². The van der Waals surface area contributed by atoms with Gasteiger partial charge in [0.05, 0.1) is 0 Å². The lowest BCUT2D eigenvalue weighted by atomic mass is 10.2. The number of nitrogens with one attached hydrogen (secondary N) is 1. The molecular weight excluding hydrogens is 290 g/mol. The molecule has 1 heterocycles. The Morgan fingerprint density at radius 2 is 2.00 bits per heavy atom. The van der Waals surface area contributed by atoms with E-state index in [-0.39, 0.29) is 0 Å². The topological polar surface area (TPSA) is 29.9 Å². The molecule has 0 aliphatic heterocycles. The van der Waals surface area contributed by atoms with Gasteiger partial charge in [-0.1, -0.05) is 41.9 Å². The van der Waals surface area contributed by atoms with Crippen LogP contribution >= 0.6 is 15.9 Å². The lowest BCUT2D eigenvalue weighted by molar-refractivity contribution is 0.526. The Morgan fingerprint density at radius 3 is 2.67 bits per heavy atom. The Balaban J connectivity index is 1.97. The third-order valence-electron chi connectivity index (χ3n) is 2.64. The summed E-state index contributed by atoms with van der Waals surface area (Å²) >= 11 is 3.44. The van der Waals surface area contributed by atoms with Crippen molar-refractivity contribution in [3.05, 3.63) is 46.7 Å². The third kappa shape index (κ3) is 3.60. The number of aromatic nitrogens is 2. The molecule has 0 amide bonds. The highest BCUT2D eigenvalue weighted by Crippen LogP contribution is 2.13. The number of imidazole rings is 1. The molecule has 3 nitrogen and oxygen atoms in total. The predicted octanol–water partition coefficient (Wildman–Crippen LogP) is 3.91. The summed E-state index contributed by atoms with van der Waals surface area (Å²) in [5.74, 6) is 1.55. The summed E-state index contributed by atoms with van der Waals surface area (Å²) in [6.45, 7) is 6.20. The van der Waals surface area contributed by atoms with E-state index in [4.69, 9.17) is 0 Å². The number of halogens is 1. The van der Waals surface area contributed by atoms with Gasteiger partial charge in [0.2, 0.25) is 5.95 Å². The molecule has 96 valence electrons. The van der Waals surface area contributed by atoms with Gasteiger partial charge in [0.25, 0.3) is 0 Å². The first kappa shape index (κ1) is 13.1. The molecule has 0 bridgehead atoms. The minimum absolute atomic E-state index is 0.618. The Hall–Kier alpha value is -1.29. The van der Waals surface area contributed by atoms with E-state index in [1.54, 1.807) is 0 Å². The van der Waals surface area contributed by atoms with E-state index in [0.717, 1.165) is 23.5 Å². The van der Waals surface area contributed by atoms with Crippen LogP contribution in [0.2, 0.25) is 0 Å². The summed E-state index contributed by atoms with van der Waals surface area (Å²) in [7, 11) is 0. The predicted molar refractivity (Wildman–Crippen MR) is 78.5 cm³/mol. The second-order valence-electron chi connectivity index (χ2n) is 4.78. The number of hydrogen-bond donors (Lipinski definition) is 1. The zero-order valence-electron chi connectivity index (χ0n) is 10.7. The molecular formula is C14H18BrN3. The van der Waals surface area contributed by atoms with Crippen molar-refractivity contribution >= 4 is 21.9 Å². The van der Waals surface area contributed by atoms with Crippen LogP contribution < -0.4 is 5.32 Å². The van der Waals surface area contributed by atoms with Gasteiger partial charge in [-0.15, -0.1) is 0 Å². The van der Waals surface area contributed by atoms with Crippen molar-refractivity contribution in [3.63, 3.8) is 0 Å². The zero-order chi connectivity index (χ0) is 13.0. The molecule has 2 rings (SSSR count). The minimum Gasteiger partial charge on any atom is -0.352 e. The molecule has 0 unspecified atom stereocenters. The SMILES string of the molecule is CC(C)Cn1ccnc1NCc1ccc(Br)cc1. The third-order valence-corrected chi connectivity index (χ3v) is 3.17. The van der Waals surface area contributed by atoms with Crippen molar-refractivity contribution < 1.29 is 0 Å². The van der Waals surface area contributed by atoms with E-state index in [9.17, 15) is 0 Å². The molecule has 2 aromatic rings. The first-order valence-electron chi connectivity index (χ1n) is 6.14. The van der Waals surface area contributed by atoms with Crippen LogP contribution in [0.4, 0.5) is 5.95 Å². The molecule has 0 spiro atoms. The molecule has 0 aliphatic rings. The zero-order valence-corrected chi connectivity index (χ0v) is 12.3. The van der Waals surface area contributed by atoms with Crippen LogP contribution in [0.3, 0.4) is 0 Å². The van der Waals surface area contributed by atoms with Crippen molar-refractivity contribution in [2.24, 2.45) is 5.92 Å². The second-order valence-corrected chi connectivity index (χ2v) is 5.69. The molecule has 0 atom stereocenters. The molecule has 4 heteroatoms. The summed E-state index contributed by atoms with van der Waals surface area (Å²) in [4.78, 5) is 4.34. The Labute approximate surface area is 116 Å². The lowest BCUT2D eigenvalue weighted by Gasteiger charge is -2.11. The smallest absolute Gasteiger partial charge is 0.203 e. The van der Waals surface area contributed by atoms with Gasteiger partial charge in [0.15, 0.2) is 0 Å². The number of hydrogen-bond acceptors (Lipinski definition) is 2. The van der Waals surface area contributed by atoms with Crippen LogP contribution in [-0.4, -0.2) is 9.55 Å². The largest absolute Gasteiger partial charge is 0.352 e. The molecule has 0 fully saturated rings. The number of nitrogens with zero attached hydrogens (tertiary/aromatic N) is 2. The number of anilines is 1. The fourth-order valence-corrected chi connectivity index (χ4v) is 2.06. The summed E-state index contributed by atoms with van der Waals surface area (Å²) < 4.78 is 3.26. The molecule has 0 aliphatic carbocycles. The fourth-order valence-electron chi connectivity index (χ4n) is 1.80. The van der Waals surface area contributed by atoms with E-state index in [1.165, 1.54) is 5.56 Å². The maximum absolute atomic E-state index is 4.34. The highest BCUT2D eigenvalue weighted by Gasteiger charge is 2.04. The van der Waals surface area contributed by atoms with Crippen LogP contribution in [0.1, 0.15) is 19.4 Å². The van der Waals surface area contributed by atoms with E-state index < -0.39 is 0 Å². The summed E-state index contributed by atoms with van der Waals surface area (Å²) in [6, 6.07) is 8.31. The summed E-state index contributed by atoms with van der Waals surface area (Å²) in [6.07, 6.45) is 3.86. The Bertz CT molecular complexity index is 488. The molecule has 1 aromatic heterocycles. The molecule has 18 heavy (non-hydrogen) atoms. The van der Waals surface area contributed by atoms with Crippen LogP contribution in [0, 0.1) is 5.92 Å². The normalized spacial score (nSPS) is 10.9. The van der Waals surface area contributed by atoms with Crippen LogP contribution in [0.15, 0.2) is 41.1 Å². The first-order chi connectivity index (χ1) is 8.65. The van der Waals surface area contributed by atoms with Crippen LogP contribution in [0.5, 0.6) is 0 Å². The van der Waals surface area contributed by atoms with Crippen LogP contribution in [0.25, 0.3) is 0 Å². The highest BCUT2D eigenvalue weighted by molar-refractivity contribution is 9.10. The molecule has 0 radical (unpaired) electrons. The average Bonchev–Trinajstić information content (AvgIpc) is 2.75. The van der Waals surface area contributed by atoms with Gasteiger partial charge in [0, 0.05) is 30.0 Å². The van der Waals surface area contributed by atoms with Gasteiger partial charge in [0.1, 0.15) is 0 Å². The van der Waals surface area contributed by atoms with Gasteiger partial charge in [-0.05, 0) is 23.6 Å². The van der Waals surface area contributed by atoms with E-state index in [1.807, 2.05) is 12.4 Å². The Morgan fingerprint density at radius 1 is 1.28 bits per heavy atom. The first-order valence-corrected chi connectivity index (χ1v) is 6.94. The average molecular weight is 308 g/mol. The van der Waals surface area contributed by atoms with Crippen molar-refractivity contribution in [2.75, 3.05) is 5.32 Å². The number of rotatable bonds is 5. The maximum Gasteiger partial charge on any atom is 0.203 e. The van der Waals surface area contributed by atoms with Crippen LogP contribution in [-0.2, 0) is 13.1 Å². The second kappa shape index (κ2) is 6.05. The van der Waals surface area contributed by atoms with Gasteiger partial charge in [-0.3, -0.25) is 0 Å². The monoisotopic (exact) mass is 307 g/mol. The molecule has 1 aromatic carbocycles. The van der Waals surface area contributed by atoms with Gasteiger partial charge >= 0.3 is 0 Å². The highest BCUT2D eigenvalue weighted by atomic mass is 79.9. The fraction of sp³-hybridized carbons (Fsp3) is 0.357. The maximum atomic E-state index is 4.34. The van der Waals surface area contributed by atoms with Gasteiger partial charge in [-0.25, -0.2) is 4.98 Å². The van der Waals surface area contributed by atoms with Crippen molar-refractivity contribution in [1.82, 2.24) is 9.55 Å². The van der Waals surface area contributed by atoms with E-state index >= 15 is 0 Å². The standard InChI is InChI=1S/C14H18BrN3/c1-11(2)10-18-8-7-16-14(18)17-9-12-3-5-13(15)6-4-12/h3-8,11H,9-10H2,1-2H3,(H,16,17). The summed E-state index contributed by atoms with van der Waals surface area (Å²) in [5.41, 5.74) is 1.25. The molecule has 0 saturated heterocycles. The Kier molecular flexibility index (Phi) is 4.42. The van der Waals surface area contributed by atoms with Crippen molar-refractivity contribution in [3.8, 4) is 0 Å².